The van der Waals surface area contributed by atoms with Gasteiger partial charge in [0.1, 0.15) is 23.9 Å². The van der Waals surface area contributed by atoms with E-state index in [0.717, 1.165) is 10.9 Å². The zero-order chi connectivity index (χ0) is 32.4. The molecule has 0 radical (unpaired) electrons. The van der Waals surface area contributed by atoms with Gasteiger partial charge in [-0.05, 0) is 35.7 Å². The number of aromatic hydroxyl groups is 1. The molecular weight excluding hydrogens is 578 g/mol. The molecule has 15 heteroatoms. The van der Waals surface area contributed by atoms with Crippen molar-refractivity contribution in [3.8, 4) is 5.75 Å². The van der Waals surface area contributed by atoms with Crippen molar-refractivity contribution in [2.75, 3.05) is 0 Å². The number of phenolic OH excluding ortho intramolecular Hbond substituents is 1. The summed E-state index contributed by atoms with van der Waals surface area (Å²) >= 11 is 0. The maximum Gasteiger partial charge on any atom is 0.326 e. The van der Waals surface area contributed by atoms with Crippen LogP contribution in [0.3, 0.4) is 0 Å². The number of carbonyl (C=O) groups excluding carboxylic acids is 3. The third-order valence-corrected chi connectivity index (χ3v) is 6.73. The largest absolute Gasteiger partial charge is 0.508 e. The van der Waals surface area contributed by atoms with Crippen LogP contribution in [0.1, 0.15) is 30.4 Å². The van der Waals surface area contributed by atoms with E-state index in [-0.39, 0.29) is 18.6 Å². The maximum absolute atomic E-state index is 13.4. The van der Waals surface area contributed by atoms with Crippen LogP contribution in [-0.4, -0.2) is 85.2 Å². The highest BCUT2D eigenvalue weighted by atomic mass is 16.4. The average Bonchev–Trinajstić information content (AvgIpc) is 3.37. The summed E-state index contributed by atoms with van der Waals surface area (Å²) < 4.78 is 0. The molecule has 4 atom stereocenters. The Kier molecular flexibility index (Phi) is 11.4. The third-order valence-electron chi connectivity index (χ3n) is 6.73. The molecule has 0 aliphatic heterocycles. The number of rotatable bonds is 16. The fraction of sp³-hybridized carbons (Fsp3) is 0.310. The highest BCUT2D eigenvalue weighted by molar-refractivity contribution is 5.95. The minimum absolute atomic E-state index is 0.0618. The number of amides is 3. The van der Waals surface area contributed by atoms with Crippen molar-refractivity contribution in [3.63, 3.8) is 0 Å². The first-order valence-corrected chi connectivity index (χ1v) is 13.5. The summed E-state index contributed by atoms with van der Waals surface area (Å²) in [6, 6.07) is 6.89. The SMILES string of the molecule is NC(CC(=O)O)C(=O)NC(Cc1ccc(O)cc1)C(=O)NC(CCC(=O)O)C(=O)NC(Cc1c[nH]c2ccccc12)C(=O)O. The van der Waals surface area contributed by atoms with Gasteiger partial charge in [-0.15, -0.1) is 0 Å². The second-order valence-corrected chi connectivity index (χ2v) is 10.1. The molecule has 234 valence electrons. The van der Waals surface area contributed by atoms with E-state index in [2.05, 4.69) is 20.9 Å². The number of fused-ring (bicyclic) bond motifs is 1. The first-order valence-electron chi connectivity index (χ1n) is 13.5. The number of H-pyrrole nitrogens is 1. The Bertz CT molecular complexity index is 1520. The number of nitrogens with two attached hydrogens (primary N) is 1. The molecule has 15 nitrogen and oxygen atoms in total. The van der Waals surface area contributed by atoms with Crippen molar-refractivity contribution in [2.45, 2.75) is 56.3 Å². The molecule has 0 spiro atoms. The zero-order valence-electron chi connectivity index (χ0n) is 23.4. The van der Waals surface area contributed by atoms with E-state index >= 15 is 0 Å². The van der Waals surface area contributed by atoms with Gasteiger partial charge in [0.25, 0.3) is 0 Å². The van der Waals surface area contributed by atoms with Gasteiger partial charge in [0.15, 0.2) is 0 Å². The zero-order valence-corrected chi connectivity index (χ0v) is 23.4. The molecule has 0 aliphatic carbocycles. The van der Waals surface area contributed by atoms with Crippen LogP contribution < -0.4 is 21.7 Å². The molecule has 2 aromatic carbocycles. The summed E-state index contributed by atoms with van der Waals surface area (Å²) in [6.07, 6.45) is -0.380. The van der Waals surface area contributed by atoms with Gasteiger partial charge in [-0.2, -0.15) is 0 Å². The van der Waals surface area contributed by atoms with Crippen LogP contribution >= 0.6 is 0 Å². The maximum atomic E-state index is 13.4. The van der Waals surface area contributed by atoms with Gasteiger partial charge in [-0.1, -0.05) is 30.3 Å². The lowest BCUT2D eigenvalue weighted by Crippen LogP contribution is -2.58. The van der Waals surface area contributed by atoms with Crippen molar-refractivity contribution in [1.82, 2.24) is 20.9 Å². The van der Waals surface area contributed by atoms with Crippen molar-refractivity contribution in [3.05, 3.63) is 65.9 Å². The van der Waals surface area contributed by atoms with Gasteiger partial charge in [0.2, 0.25) is 17.7 Å². The molecule has 1 heterocycles. The summed E-state index contributed by atoms with van der Waals surface area (Å²) in [5.41, 5.74) is 7.47. The molecule has 3 amide bonds. The summed E-state index contributed by atoms with van der Waals surface area (Å²) in [6.45, 7) is 0. The number of benzene rings is 2. The normalized spacial score (nSPS) is 13.7. The summed E-state index contributed by atoms with van der Waals surface area (Å²) in [5.74, 6) is -6.93. The molecule has 44 heavy (non-hydrogen) atoms. The third kappa shape index (κ3) is 9.55. The van der Waals surface area contributed by atoms with E-state index in [0.29, 0.717) is 11.1 Å². The quantitative estimate of drug-likeness (QED) is 0.103. The molecule has 1 aromatic heterocycles. The molecule has 3 rings (SSSR count). The first kappa shape index (κ1) is 33.1. The van der Waals surface area contributed by atoms with E-state index < -0.39 is 79.1 Å². The minimum atomic E-state index is -1.52. The highest BCUT2D eigenvalue weighted by Crippen LogP contribution is 2.19. The van der Waals surface area contributed by atoms with Gasteiger partial charge in [0, 0.05) is 36.4 Å². The highest BCUT2D eigenvalue weighted by Gasteiger charge is 2.31. The Morgan fingerprint density at radius 3 is 2.00 bits per heavy atom. The second kappa shape index (κ2) is 15.2. The molecule has 0 aliphatic rings. The van der Waals surface area contributed by atoms with Gasteiger partial charge >= 0.3 is 17.9 Å². The predicted octanol–water partition coefficient (Wildman–Crippen LogP) is -0.135. The number of aliphatic carboxylic acids is 3. The van der Waals surface area contributed by atoms with Gasteiger partial charge in [-0.25, -0.2) is 4.79 Å². The Labute approximate surface area is 250 Å². The molecule has 0 fully saturated rings. The van der Waals surface area contributed by atoms with Crippen LogP contribution in [0, 0.1) is 0 Å². The van der Waals surface area contributed by atoms with E-state index in [1.807, 2.05) is 0 Å². The number of nitrogens with one attached hydrogen (secondary N) is 4. The number of phenols is 1. The average molecular weight is 612 g/mol. The number of carbonyl (C=O) groups is 6. The van der Waals surface area contributed by atoms with Crippen molar-refractivity contribution in [2.24, 2.45) is 5.73 Å². The smallest absolute Gasteiger partial charge is 0.326 e. The van der Waals surface area contributed by atoms with E-state index in [1.54, 1.807) is 30.5 Å². The fourth-order valence-corrected chi connectivity index (χ4v) is 4.44. The number of carboxylic acid groups (broad SMARTS) is 3. The molecule has 4 unspecified atom stereocenters. The Hall–Kier alpha value is -5.44. The number of hydrogen-bond acceptors (Lipinski definition) is 8. The van der Waals surface area contributed by atoms with Crippen LogP contribution in [-0.2, 0) is 41.6 Å². The van der Waals surface area contributed by atoms with Crippen molar-refractivity contribution < 1.29 is 49.2 Å². The van der Waals surface area contributed by atoms with Gasteiger partial charge in [0.05, 0.1) is 12.5 Å². The Morgan fingerprint density at radius 2 is 1.36 bits per heavy atom. The topological polar surface area (TPSA) is 261 Å². The van der Waals surface area contributed by atoms with Crippen LogP contribution in [0.2, 0.25) is 0 Å². The lowest BCUT2D eigenvalue weighted by molar-refractivity contribution is -0.143. The van der Waals surface area contributed by atoms with Crippen molar-refractivity contribution in [1.29, 1.82) is 0 Å². The van der Waals surface area contributed by atoms with E-state index in [9.17, 15) is 44.1 Å². The summed E-state index contributed by atoms with van der Waals surface area (Å²) in [4.78, 5) is 76.7. The van der Waals surface area contributed by atoms with Gasteiger partial charge < -0.3 is 47.1 Å². The summed E-state index contributed by atoms with van der Waals surface area (Å²) in [7, 11) is 0. The number of aromatic amines is 1. The summed E-state index contributed by atoms with van der Waals surface area (Å²) in [5, 5.41) is 45.4. The lowest BCUT2D eigenvalue weighted by atomic mass is 10.0. The number of carboxylic acids is 3. The number of hydrogen-bond donors (Lipinski definition) is 9. The Morgan fingerprint density at radius 1 is 0.750 bits per heavy atom. The van der Waals surface area contributed by atoms with E-state index in [1.165, 1.54) is 24.3 Å². The predicted molar refractivity (Wildman–Crippen MR) is 154 cm³/mol. The molecule has 0 saturated carbocycles. The molecule has 0 bridgehead atoms. The lowest BCUT2D eigenvalue weighted by Gasteiger charge is -2.25. The molecule has 10 N–H and O–H groups in total. The van der Waals surface area contributed by atoms with Gasteiger partial charge in [-0.3, -0.25) is 24.0 Å². The fourth-order valence-electron chi connectivity index (χ4n) is 4.44. The van der Waals surface area contributed by atoms with Crippen LogP contribution in [0.5, 0.6) is 5.75 Å². The standard InChI is InChI=1S/C29H33N5O10/c30-19(13-25(38)39)26(40)33-22(11-15-5-7-17(35)8-6-15)28(42)32-21(9-10-24(36)37)27(41)34-23(29(43)44)12-16-14-31-20-4-2-1-3-18(16)20/h1-8,14,19,21-23,31,35H,9-13,30H2,(H,32,42)(H,33,40)(H,34,41)(H,36,37)(H,38,39)(H,43,44). The monoisotopic (exact) mass is 611 g/mol. The van der Waals surface area contributed by atoms with Crippen LogP contribution in [0.25, 0.3) is 10.9 Å². The van der Waals surface area contributed by atoms with E-state index in [4.69, 9.17) is 10.8 Å². The molecular formula is C29H33N5O10. The number of para-hydroxylation sites is 1. The minimum Gasteiger partial charge on any atom is -0.508 e. The number of aromatic nitrogens is 1. The van der Waals surface area contributed by atoms with Crippen LogP contribution in [0.4, 0.5) is 0 Å². The second-order valence-electron chi connectivity index (χ2n) is 10.1. The molecule has 0 saturated heterocycles. The molecule has 3 aromatic rings. The van der Waals surface area contributed by atoms with Crippen LogP contribution in [0.15, 0.2) is 54.7 Å². The Balaban J connectivity index is 1.81. The first-order chi connectivity index (χ1) is 20.8. The van der Waals surface area contributed by atoms with Crippen molar-refractivity contribution >= 4 is 46.5 Å².